The first-order valence-corrected chi connectivity index (χ1v) is 10.8. The lowest BCUT2D eigenvalue weighted by molar-refractivity contribution is -0.122. The number of aromatic nitrogens is 1. The van der Waals surface area contributed by atoms with Crippen molar-refractivity contribution in [1.29, 1.82) is 0 Å². The lowest BCUT2D eigenvalue weighted by atomic mass is 9.88. The number of guanidine groups is 1. The number of benzene rings is 1. The molecule has 11 heteroatoms. The van der Waals surface area contributed by atoms with Crippen LogP contribution in [0.5, 0.6) is 0 Å². The van der Waals surface area contributed by atoms with Crippen molar-refractivity contribution in [2.24, 2.45) is 44.2 Å². The van der Waals surface area contributed by atoms with Gasteiger partial charge in [-0.15, -0.1) is 0 Å². The van der Waals surface area contributed by atoms with Gasteiger partial charge in [-0.3, -0.25) is 14.6 Å². The van der Waals surface area contributed by atoms with Crippen molar-refractivity contribution in [2.45, 2.75) is 24.7 Å². The lowest BCUT2D eigenvalue weighted by Gasteiger charge is -2.29. The van der Waals surface area contributed by atoms with Gasteiger partial charge in [0.2, 0.25) is 11.9 Å². The highest BCUT2D eigenvalue weighted by molar-refractivity contribution is 6.12. The van der Waals surface area contributed by atoms with Crippen molar-refractivity contribution in [1.82, 2.24) is 15.6 Å². The van der Waals surface area contributed by atoms with Gasteiger partial charge in [-0.25, -0.2) is 9.98 Å². The summed E-state index contributed by atoms with van der Waals surface area (Å²) in [5.41, 5.74) is 13.1. The average Bonchev–Trinajstić information content (AvgIpc) is 3.56. The Morgan fingerprint density at radius 1 is 1.18 bits per heavy atom. The van der Waals surface area contributed by atoms with Crippen molar-refractivity contribution in [2.75, 3.05) is 5.32 Å². The highest BCUT2D eigenvalue weighted by Gasteiger charge is 2.48. The Labute approximate surface area is 188 Å². The van der Waals surface area contributed by atoms with E-state index in [1.165, 1.54) is 0 Å². The topological polar surface area (TPSA) is 175 Å². The highest BCUT2D eigenvalue weighted by atomic mass is 16.1. The first kappa shape index (κ1) is 19.5. The number of anilines is 1. The van der Waals surface area contributed by atoms with E-state index in [4.69, 9.17) is 16.5 Å². The van der Waals surface area contributed by atoms with E-state index in [9.17, 15) is 9.59 Å². The predicted molar refractivity (Wildman–Crippen MR) is 125 cm³/mol. The number of amidine groups is 1. The number of nitrogens with one attached hydrogen (secondary N) is 4. The second-order valence-electron chi connectivity index (χ2n) is 8.77. The molecule has 8 N–H and O–H groups in total. The highest BCUT2D eigenvalue weighted by Crippen LogP contribution is 2.45. The van der Waals surface area contributed by atoms with Crippen LogP contribution in [0.4, 0.5) is 5.69 Å². The van der Waals surface area contributed by atoms with Crippen LogP contribution in [0.25, 0.3) is 10.9 Å². The van der Waals surface area contributed by atoms with E-state index in [0.29, 0.717) is 22.7 Å². The molecule has 6 atom stereocenters. The largest absolute Gasteiger partial charge is 0.369 e. The fourth-order valence-electron chi connectivity index (χ4n) is 5.29. The van der Waals surface area contributed by atoms with Gasteiger partial charge in [0.05, 0.1) is 23.9 Å². The van der Waals surface area contributed by atoms with Crippen LogP contribution in [0.2, 0.25) is 0 Å². The summed E-state index contributed by atoms with van der Waals surface area (Å²) in [5.74, 6) is 0.344. The molecule has 1 aromatic carbocycles. The van der Waals surface area contributed by atoms with Crippen molar-refractivity contribution in [3.63, 3.8) is 0 Å². The number of fused-ring (bicyclic) bond motifs is 4. The van der Waals surface area contributed by atoms with Gasteiger partial charge in [0.1, 0.15) is 11.9 Å². The zero-order valence-corrected chi connectivity index (χ0v) is 17.5. The lowest BCUT2D eigenvalue weighted by Crippen LogP contribution is -2.55. The van der Waals surface area contributed by atoms with Crippen LogP contribution in [0, 0.1) is 17.8 Å². The molecule has 11 nitrogen and oxygen atoms in total. The molecule has 0 saturated heterocycles. The number of allylic oxidation sites excluding steroid dienone is 1. The van der Waals surface area contributed by atoms with Crippen molar-refractivity contribution in [3.8, 4) is 0 Å². The van der Waals surface area contributed by atoms with Gasteiger partial charge in [0, 0.05) is 28.7 Å². The smallest absolute Gasteiger partial charge is 0.250 e. The molecule has 2 aliphatic heterocycles. The third kappa shape index (κ3) is 3.15. The Kier molecular flexibility index (Phi) is 4.25. The third-order valence-corrected chi connectivity index (χ3v) is 6.83. The maximum atomic E-state index is 12.1. The maximum Gasteiger partial charge on any atom is 0.250 e. The molecule has 0 spiro atoms. The summed E-state index contributed by atoms with van der Waals surface area (Å²) in [6.07, 6.45) is 7.94. The van der Waals surface area contributed by atoms with Crippen LogP contribution < -0.4 is 27.4 Å². The molecular weight excluding hydrogens is 422 g/mol. The van der Waals surface area contributed by atoms with E-state index in [1.54, 1.807) is 12.5 Å². The molecule has 6 unspecified atom stereocenters. The number of rotatable bonds is 4. The van der Waals surface area contributed by atoms with Crippen LogP contribution in [0.1, 0.15) is 16.8 Å². The summed E-state index contributed by atoms with van der Waals surface area (Å²) >= 11 is 0. The fourth-order valence-corrected chi connectivity index (χ4v) is 5.29. The number of aromatic amines is 1. The number of nitrogens with zero attached hydrogens (tertiary/aromatic N) is 3. The summed E-state index contributed by atoms with van der Waals surface area (Å²) in [7, 11) is 0. The zero-order valence-electron chi connectivity index (χ0n) is 17.5. The normalized spacial score (nSPS) is 32.5. The van der Waals surface area contributed by atoms with Crippen LogP contribution in [0.3, 0.4) is 0 Å². The minimum atomic E-state index is -0.501. The Bertz CT molecular complexity index is 1290. The van der Waals surface area contributed by atoms with E-state index in [0.717, 1.165) is 17.6 Å². The fraction of sp³-hybridized carbons (Fsp3) is 0.318. The Morgan fingerprint density at radius 3 is 2.85 bits per heavy atom. The molecule has 33 heavy (non-hydrogen) atoms. The molecule has 1 aromatic heterocycles. The van der Waals surface area contributed by atoms with Crippen molar-refractivity contribution < 1.29 is 9.59 Å². The first-order chi connectivity index (χ1) is 16.0. The molecule has 2 aromatic rings. The van der Waals surface area contributed by atoms with E-state index in [1.807, 2.05) is 18.2 Å². The summed E-state index contributed by atoms with van der Waals surface area (Å²) in [6.45, 7) is 0. The van der Waals surface area contributed by atoms with Gasteiger partial charge in [0.15, 0.2) is 6.17 Å². The molecule has 2 aliphatic carbocycles. The second kappa shape index (κ2) is 7.19. The van der Waals surface area contributed by atoms with Crippen molar-refractivity contribution in [3.05, 3.63) is 42.1 Å². The molecule has 4 aliphatic rings. The van der Waals surface area contributed by atoms with E-state index in [2.05, 4.69) is 43.1 Å². The molecule has 168 valence electrons. The molecule has 6 rings (SSSR count). The zero-order chi connectivity index (χ0) is 22.7. The average molecular weight is 445 g/mol. The molecular formula is C22H23N9O2. The van der Waals surface area contributed by atoms with Gasteiger partial charge >= 0.3 is 0 Å². The summed E-state index contributed by atoms with van der Waals surface area (Å²) in [6, 6.07) is 5.12. The number of primary amides is 2. The van der Waals surface area contributed by atoms with Gasteiger partial charge in [-0.05, 0) is 30.5 Å². The standard InChI is InChI=1S/C22H23N9O2/c23-18(32)13-7-25-14-4-3-11(6-12(13)14)28-22-30-20-17(26-8-27-20)21(31-22)29-16-10-2-1-9(5-10)15(16)19(24)33/h1-4,6-10,15-17,20,25H,5H2,(H2,23,32)(H2,24,33)(H,26,27)(H2,28,29,30,31). The molecule has 2 bridgehead atoms. The number of aliphatic imine (C=N–C) groups is 3. The maximum absolute atomic E-state index is 12.1. The molecule has 0 radical (unpaired) electrons. The number of carbonyl (C=O) groups is 2. The Balaban J connectivity index is 1.30. The Morgan fingerprint density at radius 2 is 2.03 bits per heavy atom. The summed E-state index contributed by atoms with van der Waals surface area (Å²) < 4.78 is 0. The number of carbonyl (C=O) groups excluding carboxylic acids is 2. The number of H-pyrrole nitrogens is 1. The molecule has 1 saturated carbocycles. The number of hydrogen-bond donors (Lipinski definition) is 6. The van der Waals surface area contributed by atoms with Crippen LogP contribution in [-0.2, 0) is 4.79 Å². The van der Waals surface area contributed by atoms with Crippen LogP contribution in [0.15, 0.2) is 51.5 Å². The molecule has 1 fully saturated rings. The number of nitrogens with two attached hydrogens (primary N) is 2. The van der Waals surface area contributed by atoms with E-state index in [-0.39, 0.29) is 41.9 Å². The minimum absolute atomic E-state index is 0.146. The summed E-state index contributed by atoms with van der Waals surface area (Å²) in [5, 5.41) is 10.4. The van der Waals surface area contributed by atoms with E-state index >= 15 is 0 Å². The number of hydrogen-bond acceptors (Lipinski definition) is 7. The third-order valence-electron chi connectivity index (χ3n) is 6.83. The summed E-state index contributed by atoms with van der Waals surface area (Å²) in [4.78, 5) is 40.9. The molecule has 2 amide bonds. The van der Waals surface area contributed by atoms with Crippen LogP contribution >= 0.6 is 0 Å². The minimum Gasteiger partial charge on any atom is -0.369 e. The first-order valence-electron chi connectivity index (χ1n) is 10.8. The predicted octanol–water partition coefficient (Wildman–Crippen LogP) is 0.0386. The van der Waals surface area contributed by atoms with Gasteiger partial charge in [-0.2, -0.15) is 0 Å². The van der Waals surface area contributed by atoms with Gasteiger partial charge < -0.3 is 32.4 Å². The molecule has 3 heterocycles. The number of amides is 2. The second-order valence-corrected chi connectivity index (χ2v) is 8.77. The quantitative estimate of drug-likeness (QED) is 0.364. The van der Waals surface area contributed by atoms with Gasteiger partial charge in [-0.1, -0.05) is 12.2 Å². The van der Waals surface area contributed by atoms with Crippen molar-refractivity contribution >= 4 is 46.5 Å². The van der Waals surface area contributed by atoms with Crippen LogP contribution in [-0.4, -0.2) is 53.2 Å². The SMILES string of the molecule is NC(=O)c1c[nH]c2ccc(NC3=NC4N=CNC4C(=NC4C5C=CC(C5)C4C(N)=O)N3)cc12. The monoisotopic (exact) mass is 445 g/mol. The van der Waals surface area contributed by atoms with E-state index < -0.39 is 5.91 Å². The van der Waals surface area contributed by atoms with Gasteiger partial charge in [0.25, 0.3) is 5.91 Å². The Hall–Kier alpha value is -4.15.